The highest BCUT2D eigenvalue weighted by molar-refractivity contribution is 8.00. The van der Waals surface area contributed by atoms with E-state index in [0.717, 1.165) is 20.7 Å². The molecule has 0 unspecified atom stereocenters. The Hall–Kier alpha value is -1.40. The van der Waals surface area contributed by atoms with Crippen molar-refractivity contribution in [2.24, 2.45) is 0 Å². The van der Waals surface area contributed by atoms with Gasteiger partial charge in [0.1, 0.15) is 0 Å². The normalized spacial score (nSPS) is 10.5. The van der Waals surface area contributed by atoms with Crippen molar-refractivity contribution in [3.8, 4) is 0 Å². The van der Waals surface area contributed by atoms with E-state index in [1.165, 1.54) is 16.9 Å². The monoisotopic (exact) mass is 280 g/mol. The highest BCUT2D eigenvalue weighted by Gasteiger charge is 2.11. The van der Waals surface area contributed by atoms with Crippen LogP contribution in [-0.4, -0.2) is 21.0 Å². The van der Waals surface area contributed by atoms with E-state index in [4.69, 9.17) is 5.11 Å². The summed E-state index contributed by atoms with van der Waals surface area (Å²) in [6, 6.07) is 3.93. The zero-order valence-corrected chi connectivity index (χ0v) is 11.4. The molecule has 0 saturated carbocycles. The molecule has 0 aliphatic carbocycles. The molecule has 0 radical (unpaired) electrons. The van der Waals surface area contributed by atoms with E-state index in [1.807, 2.05) is 19.1 Å². The first-order valence-corrected chi connectivity index (χ1v) is 7.15. The second kappa shape index (κ2) is 5.97. The largest absolute Gasteiger partial charge is 0.481 e. The Kier molecular flexibility index (Phi) is 4.33. The fraction of sp³-hybridized carbons (Fsp3) is 0.250. The molecule has 1 N–H and O–H groups in total. The van der Waals surface area contributed by atoms with Crippen LogP contribution >= 0.6 is 23.1 Å². The molecule has 0 aliphatic heterocycles. The maximum atomic E-state index is 10.7. The molecule has 4 nitrogen and oxygen atoms in total. The Labute approximate surface area is 113 Å². The Balaban J connectivity index is 2.00. The molecule has 0 aliphatic rings. The van der Waals surface area contributed by atoms with Gasteiger partial charge in [0.15, 0.2) is 4.34 Å². The molecule has 6 heteroatoms. The zero-order chi connectivity index (χ0) is 13.0. The number of pyridine rings is 1. The van der Waals surface area contributed by atoms with E-state index in [-0.39, 0.29) is 6.42 Å². The number of thiazole rings is 1. The van der Waals surface area contributed by atoms with Crippen LogP contribution in [0.25, 0.3) is 0 Å². The lowest BCUT2D eigenvalue weighted by molar-refractivity contribution is -0.136. The zero-order valence-electron chi connectivity index (χ0n) is 9.79. The molecule has 94 valence electrons. The smallest absolute Gasteiger partial charge is 0.308 e. The first kappa shape index (κ1) is 13.0. The molecule has 0 bridgehead atoms. The number of aromatic nitrogens is 2. The van der Waals surface area contributed by atoms with Crippen molar-refractivity contribution < 1.29 is 9.90 Å². The third-order valence-electron chi connectivity index (χ3n) is 2.30. The lowest BCUT2D eigenvalue weighted by atomic mass is 10.3. The van der Waals surface area contributed by atoms with Crippen molar-refractivity contribution in [2.75, 3.05) is 0 Å². The Morgan fingerprint density at radius 2 is 2.17 bits per heavy atom. The molecule has 0 spiro atoms. The Morgan fingerprint density at radius 1 is 1.44 bits per heavy atom. The summed E-state index contributed by atoms with van der Waals surface area (Å²) < 4.78 is 0.917. The third kappa shape index (κ3) is 3.54. The summed E-state index contributed by atoms with van der Waals surface area (Å²) in [5, 5.41) is 8.77. The number of carboxylic acids is 1. The topological polar surface area (TPSA) is 63.1 Å². The van der Waals surface area contributed by atoms with Gasteiger partial charge >= 0.3 is 5.97 Å². The molecule has 2 aromatic heterocycles. The van der Waals surface area contributed by atoms with E-state index in [9.17, 15) is 4.79 Å². The van der Waals surface area contributed by atoms with Crippen molar-refractivity contribution in [3.63, 3.8) is 0 Å². The summed E-state index contributed by atoms with van der Waals surface area (Å²) in [4.78, 5) is 19.9. The van der Waals surface area contributed by atoms with Crippen LogP contribution in [0.2, 0.25) is 0 Å². The van der Waals surface area contributed by atoms with Crippen molar-refractivity contribution in [1.82, 2.24) is 9.97 Å². The summed E-state index contributed by atoms with van der Waals surface area (Å²) in [6.07, 6.45) is 3.58. The molecule has 2 rings (SSSR count). The SMILES string of the molecule is Cc1nc(SCc2ccncc2)sc1CC(=O)O. The van der Waals surface area contributed by atoms with Gasteiger partial charge in [-0.3, -0.25) is 9.78 Å². The highest BCUT2D eigenvalue weighted by Crippen LogP contribution is 2.29. The number of thioether (sulfide) groups is 1. The molecule has 0 saturated heterocycles. The molecule has 18 heavy (non-hydrogen) atoms. The molecular weight excluding hydrogens is 268 g/mol. The Morgan fingerprint density at radius 3 is 2.83 bits per heavy atom. The molecule has 2 aromatic rings. The van der Waals surface area contributed by atoms with Crippen LogP contribution in [0.5, 0.6) is 0 Å². The van der Waals surface area contributed by atoms with Crippen LogP contribution in [0.4, 0.5) is 0 Å². The van der Waals surface area contributed by atoms with E-state index in [1.54, 1.807) is 24.2 Å². The minimum absolute atomic E-state index is 0.0549. The van der Waals surface area contributed by atoms with Crippen LogP contribution in [0.3, 0.4) is 0 Å². The third-order valence-corrected chi connectivity index (χ3v) is 4.67. The van der Waals surface area contributed by atoms with E-state index in [0.29, 0.717) is 0 Å². The number of nitrogens with zero attached hydrogens (tertiary/aromatic N) is 2. The van der Waals surface area contributed by atoms with Gasteiger partial charge in [-0.15, -0.1) is 11.3 Å². The molecule has 0 atom stereocenters. The summed E-state index contributed by atoms with van der Waals surface area (Å²) >= 11 is 3.08. The quantitative estimate of drug-likeness (QED) is 0.853. The minimum atomic E-state index is -0.813. The second-order valence-corrected chi connectivity index (χ2v) is 6.01. The first-order chi connectivity index (χ1) is 8.65. The van der Waals surface area contributed by atoms with Gasteiger partial charge in [-0.2, -0.15) is 0 Å². The van der Waals surface area contributed by atoms with Gasteiger partial charge in [-0.25, -0.2) is 4.98 Å². The predicted molar refractivity (Wildman–Crippen MR) is 72.0 cm³/mol. The minimum Gasteiger partial charge on any atom is -0.481 e. The van der Waals surface area contributed by atoms with Crippen LogP contribution in [0.1, 0.15) is 16.1 Å². The van der Waals surface area contributed by atoms with Gasteiger partial charge in [0, 0.05) is 23.0 Å². The van der Waals surface area contributed by atoms with Crippen molar-refractivity contribution in [3.05, 3.63) is 40.7 Å². The maximum absolute atomic E-state index is 10.7. The van der Waals surface area contributed by atoms with Crippen LogP contribution in [0, 0.1) is 6.92 Å². The van der Waals surface area contributed by atoms with E-state index in [2.05, 4.69) is 9.97 Å². The molecule has 0 amide bonds. The molecule has 0 aromatic carbocycles. The fourth-order valence-corrected chi connectivity index (χ4v) is 3.57. The van der Waals surface area contributed by atoms with Crippen molar-refractivity contribution in [2.45, 2.75) is 23.4 Å². The van der Waals surface area contributed by atoms with Gasteiger partial charge in [0.05, 0.1) is 12.1 Å². The standard InChI is InChI=1S/C12H12N2O2S2/c1-8-10(6-11(15)16)18-12(14-8)17-7-9-2-4-13-5-3-9/h2-5H,6-7H2,1H3,(H,15,16). The van der Waals surface area contributed by atoms with Gasteiger partial charge in [-0.05, 0) is 24.6 Å². The van der Waals surface area contributed by atoms with Crippen LogP contribution < -0.4 is 0 Å². The van der Waals surface area contributed by atoms with Crippen molar-refractivity contribution >= 4 is 29.1 Å². The van der Waals surface area contributed by atoms with Crippen LogP contribution in [-0.2, 0) is 17.0 Å². The molecular formula is C12H12N2O2S2. The number of rotatable bonds is 5. The van der Waals surface area contributed by atoms with Crippen LogP contribution in [0.15, 0.2) is 28.9 Å². The summed E-state index contributed by atoms with van der Waals surface area (Å²) in [6.45, 7) is 1.85. The second-order valence-electron chi connectivity index (χ2n) is 3.70. The van der Waals surface area contributed by atoms with E-state index >= 15 is 0 Å². The highest BCUT2D eigenvalue weighted by atomic mass is 32.2. The summed E-state index contributed by atoms with van der Waals surface area (Å²) in [5.74, 6) is 0.00885. The molecule has 0 fully saturated rings. The maximum Gasteiger partial charge on any atom is 0.308 e. The van der Waals surface area contributed by atoms with Gasteiger partial charge < -0.3 is 5.11 Å². The first-order valence-electron chi connectivity index (χ1n) is 5.35. The van der Waals surface area contributed by atoms with Crippen molar-refractivity contribution in [1.29, 1.82) is 0 Å². The number of hydrogen-bond acceptors (Lipinski definition) is 5. The number of aryl methyl sites for hydroxylation is 1. The predicted octanol–water partition coefficient (Wildman–Crippen LogP) is 2.77. The van der Waals surface area contributed by atoms with Gasteiger partial charge in [0.25, 0.3) is 0 Å². The number of carbonyl (C=O) groups is 1. The van der Waals surface area contributed by atoms with E-state index < -0.39 is 5.97 Å². The lowest BCUT2D eigenvalue weighted by Crippen LogP contribution is -1.99. The summed E-state index contributed by atoms with van der Waals surface area (Å²) in [7, 11) is 0. The lowest BCUT2D eigenvalue weighted by Gasteiger charge is -1.96. The average molecular weight is 280 g/mol. The average Bonchev–Trinajstić information content (AvgIpc) is 2.68. The van der Waals surface area contributed by atoms with Gasteiger partial charge in [-0.1, -0.05) is 11.8 Å². The number of aliphatic carboxylic acids is 1. The fourth-order valence-electron chi connectivity index (χ4n) is 1.39. The Bertz CT molecular complexity index is 540. The van der Waals surface area contributed by atoms with Gasteiger partial charge in [0.2, 0.25) is 0 Å². The summed E-state index contributed by atoms with van der Waals surface area (Å²) in [5.41, 5.74) is 2.00. The number of hydrogen-bond donors (Lipinski definition) is 1. The number of carboxylic acid groups (broad SMARTS) is 1. The molecule has 2 heterocycles.